The fourth-order valence-electron chi connectivity index (χ4n) is 4.04. The van der Waals surface area contributed by atoms with Gasteiger partial charge in [0, 0.05) is 51.4 Å². The number of nitrogens with one attached hydrogen (secondary N) is 1. The first kappa shape index (κ1) is 18.3. The molecule has 2 aliphatic rings. The van der Waals surface area contributed by atoms with E-state index in [1.165, 1.54) is 6.42 Å². The molecule has 25 heavy (non-hydrogen) atoms. The molecule has 1 amide bonds. The monoisotopic (exact) mass is 350 g/mol. The Kier molecular flexibility index (Phi) is 6.75. The van der Waals surface area contributed by atoms with E-state index in [0.29, 0.717) is 24.9 Å². The zero-order valence-corrected chi connectivity index (χ0v) is 15.1. The molecule has 2 saturated heterocycles. The maximum absolute atomic E-state index is 12.3. The van der Waals surface area contributed by atoms with Crippen LogP contribution in [-0.2, 0) is 16.1 Å². The summed E-state index contributed by atoms with van der Waals surface area (Å²) in [6, 6.07) is 0.901. The molecule has 2 atom stereocenters. The number of aryl methyl sites for hydroxylation is 1. The molecule has 0 unspecified atom stereocenters. The SMILES string of the molecule is CCC[C@@H]1CN(C2CCOCC2)C[C@H]1NC(=O)CCCn1cnnn1. The first-order valence-corrected chi connectivity index (χ1v) is 9.58. The van der Waals surface area contributed by atoms with Gasteiger partial charge in [0.15, 0.2) is 0 Å². The van der Waals surface area contributed by atoms with Crippen molar-refractivity contribution in [1.82, 2.24) is 30.4 Å². The lowest BCUT2D eigenvalue weighted by molar-refractivity contribution is -0.122. The third-order valence-corrected chi connectivity index (χ3v) is 5.36. The second kappa shape index (κ2) is 9.24. The Bertz CT molecular complexity index is 517. The van der Waals surface area contributed by atoms with Crippen LogP contribution in [0.2, 0.25) is 0 Å². The molecular weight excluding hydrogens is 320 g/mol. The normalized spacial score (nSPS) is 25.3. The summed E-state index contributed by atoms with van der Waals surface area (Å²) in [4.78, 5) is 14.9. The molecule has 8 nitrogen and oxygen atoms in total. The van der Waals surface area contributed by atoms with Gasteiger partial charge in [-0.3, -0.25) is 9.69 Å². The van der Waals surface area contributed by atoms with Crippen molar-refractivity contribution in [3.05, 3.63) is 6.33 Å². The predicted octanol–water partition coefficient (Wildman–Crippen LogP) is 0.849. The molecule has 0 bridgehead atoms. The summed E-state index contributed by atoms with van der Waals surface area (Å²) in [6.45, 7) is 6.73. The Morgan fingerprint density at radius 3 is 2.88 bits per heavy atom. The maximum atomic E-state index is 12.3. The zero-order chi connectivity index (χ0) is 17.5. The van der Waals surface area contributed by atoms with Crippen LogP contribution in [0.3, 0.4) is 0 Å². The van der Waals surface area contributed by atoms with Crippen molar-refractivity contribution >= 4 is 5.91 Å². The minimum absolute atomic E-state index is 0.146. The molecule has 1 aromatic rings. The molecule has 140 valence electrons. The van der Waals surface area contributed by atoms with Gasteiger partial charge >= 0.3 is 0 Å². The maximum Gasteiger partial charge on any atom is 0.220 e. The number of carbonyl (C=O) groups excluding carboxylic acids is 1. The van der Waals surface area contributed by atoms with Gasteiger partial charge in [0.25, 0.3) is 0 Å². The zero-order valence-electron chi connectivity index (χ0n) is 15.1. The molecule has 2 aliphatic heterocycles. The van der Waals surface area contributed by atoms with Gasteiger partial charge < -0.3 is 10.1 Å². The van der Waals surface area contributed by atoms with Crippen LogP contribution in [0.25, 0.3) is 0 Å². The lowest BCUT2D eigenvalue weighted by atomic mass is 9.98. The average Bonchev–Trinajstić information content (AvgIpc) is 3.27. The fraction of sp³-hybridized carbons (Fsp3) is 0.882. The lowest BCUT2D eigenvalue weighted by Crippen LogP contribution is -2.42. The predicted molar refractivity (Wildman–Crippen MR) is 92.8 cm³/mol. The number of hydrogen-bond donors (Lipinski definition) is 1. The third kappa shape index (κ3) is 5.22. The van der Waals surface area contributed by atoms with Crippen molar-refractivity contribution < 1.29 is 9.53 Å². The van der Waals surface area contributed by atoms with Crippen LogP contribution < -0.4 is 5.32 Å². The Labute approximate surface area is 149 Å². The molecule has 1 aromatic heterocycles. The van der Waals surface area contributed by atoms with Gasteiger partial charge in [-0.2, -0.15) is 0 Å². The highest BCUT2D eigenvalue weighted by molar-refractivity contribution is 5.76. The molecule has 0 radical (unpaired) electrons. The molecule has 0 saturated carbocycles. The molecular formula is C17H30N6O2. The fourth-order valence-corrected chi connectivity index (χ4v) is 4.04. The summed E-state index contributed by atoms with van der Waals surface area (Å²) in [5.41, 5.74) is 0. The van der Waals surface area contributed by atoms with E-state index >= 15 is 0 Å². The van der Waals surface area contributed by atoms with E-state index in [2.05, 4.69) is 32.7 Å². The Morgan fingerprint density at radius 2 is 2.16 bits per heavy atom. The van der Waals surface area contributed by atoms with Crippen LogP contribution in [0.5, 0.6) is 0 Å². The van der Waals surface area contributed by atoms with Crippen molar-refractivity contribution in [3.8, 4) is 0 Å². The van der Waals surface area contributed by atoms with Gasteiger partial charge in [-0.25, -0.2) is 4.68 Å². The first-order chi connectivity index (χ1) is 12.3. The van der Waals surface area contributed by atoms with E-state index in [0.717, 1.165) is 52.0 Å². The third-order valence-electron chi connectivity index (χ3n) is 5.36. The van der Waals surface area contributed by atoms with Crippen LogP contribution >= 0.6 is 0 Å². The van der Waals surface area contributed by atoms with E-state index in [4.69, 9.17) is 4.74 Å². The van der Waals surface area contributed by atoms with Crippen molar-refractivity contribution in [2.24, 2.45) is 5.92 Å². The summed E-state index contributed by atoms with van der Waals surface area (Å²) < 4.78 is 7.15. The van der Waals surface area contributed by atoms with Crippen LogP contribution in [-0.4, -0.2) is 69.4 Å². The Hall–Kier alpha value is -1.54. The number of nitrogens with zero attached hydrogens (tertiary/aromatic N) is 5. The number of ether oxygens (including phenoxy) is 1. The first-order valence-electron chi connectivity index (χ1n) is 9.58. The molecule has 3 heterocycles. The number of hydrogen-bond acceptors (Lipinski definition) is 6. The van der Waals surface area contributed by atoms with E-state index in [1.54, 1.807) is 11.0 Å². The molecule has 0 aliphatic carbocycles. The summed E-state index contributed by atoms with van der Waals surface area (Å²) in [7, 11) is 0. The van der Waals surface area contributed by atoms with Crippen molar-refractivity contribution in [2.75, 3.05) is 26.3 Å². The minimum atomic E-state index is 0.146. The smallest absolute Gasteiger partial charge is 0.220 e. The van der Waals surface area contributed by atoms with Crippen molar-refractivity contribution in [1.29, 1.82) is 0 Å². The minimum Gasteiger partial charge on any atom is -0.381 e. The van der Waals surface area contributed by atoms with Crippen molar-refractivity contribution in [3.63, 3.8) is 0 Å². The molecule has 8 heteroatoms. The highest BCUT2D eigenvalue weighted by atomic mass is 16.5. The quantitative estimate of drug-likeness (QED) is 0.748. The molecule has 2 fully saturated rings. The topological polar surface area (TPSA) is 85.2 Å². The summed E-state index contributed by atoms with van der Waals surface area (Å²) >= 11 is 0. The summed E-state index contributed by atoms with van der Waals surface area (Å²) in [5.74, 6) is 0.712. The number of rotatable bonds is 8. The van der Waals surface area contributed by atoms with E-state index in [9.17, 15) is 4.79 Å². The van der Waals surface area contributed by atoms with Gasteiger partial charge in [0.2, 0.25) is 5.91 Å². The van der Waals surface area contributed by atoms with Crippen LogP contribution in [0, 0.1) is 5.92 Å². The molecule has 0 aromatic carbocycles. The number of aromatic nitrogens is 4. The van der Waals surface area contributed by atoms with E-state index in [-0.39, 0.29) is 11.9 Å². The van der Waals surface area contributed by atoms with E-state index in [1.807, 2.05) is 0 Å². The number of likely N-dealkylation sites (tertiary alicyclic amines) is 1. The second-order valence-electron chi connectivity index (χ2n) is 7.20. The highest BCUT2D eigenvalue weighted by Crippen LogP contribution is 2.27. The van der Waals surface area contributed by atoms with Gasteiger partial charge in [-0.05, 0) is 42.0 Å². The number of tetrazole rings is 1. The Morgan fingerprint density at radius 1 is 1.32 bits per heavy atom. The van der Waals surface area contributed by atoms with Crippen LogP contribution in [0.4, 0.5) is 0 Å². The van der Waals surface area contributed by atoms with Gasteiger partial charge in [-0.15, -0.1) is 5.10 Å². The largest absolute Gasteiger partial charge is 0.381 e. The van der Waals surface area contributed by atoms with Gasteiger partial charge in [-0.1, -0.05) is 13.3 Å². The highest BCUT2D eigenvalue weighted by Gasteiger charge is 2.36. The summed E-state index contributed by atoms with van der Waals surface area (Å²) in [5, 5.41) is 14.3. The standard InChI is InChI=1S/C17H30N6O2/c1-2-4-14-11-22(15-6-9-25-10-7-15)12-16(14)19-17(24)5-3-8-23-13-18-20-21-23/h13-16H,2-12H2,1H3,(H,19,24)/t14-,16-/m1/s1. The lowest BCUT2D eigenvalue weighted by Gasteiger charge is -2.31. The van der Waals surface area contributed by atoms with Crippen molar-refractivity contribution in [2.45, 2.75) is 64.1 Å². The second-order valence-corrected chi connectivity index (χ2v) is 7.20. The molecule has 3 rings (SSSR count). The van der Waals surface area contributed by atoms with E-state index < -0.39 is 0 Å². The summed E-state index contributed by atoms with van der Waals surface area (Å²) in [6.07, 6.45) is 7.43. The molecule has 0 spiro atoms. The number of carbonyl (C=O) groups is 1. The van der Waals surface area contributed by atoms with Crippen LogP contribution in [0.1, 0.15) is 45.4 Å². The van der Waals surface area contributed by atoms with Crippen LogP contribution in [0.15, 0.2) is 6.33 Å². The van der Waals surface area contributed by atoms with Gasteiger partial charge in [0.05, 0.1) is 0 Å². The Balaban J connectivity index is 1.45. The average molecular weight is 350 g/mol. The molecule has 1 N–H and O–H groups in total. The number of amides is 1. The van der Waals surface area contributed by atoms with Gasteiger partial charge in [0.1, 0.15) is 6.33 Å².